The van der Waals surface area contributed by atoms with Crippen LogP contribution in [0.1, 0.15) is 48.8 Å². The second kappa shape index (κ2) is 8.79. The lowest BCUT2D eigenvalue weighted by Crippen LogP contribution is -2.37. The Labute approximate surface area is 215 Å². The topological polar surface area (TPSA) is 0 Å². The number of fused-ring (bicyclic) bond motifs is 3. The Morgan fingerprint density at radius 1 is 0.556 bits per heavy atom. The molecule has 1 saturated carbocycles. The maximum Gasteiger partial charge on any atom is 0.00598 e. The molecule has 0 spiro atoms. The fourth-order valence-electron chi connectivity index (χ4n) is 7.25. The van der Waals surface area contributed by atoms with Gasteiger partial charge < -0.3 is 0 Å². The van der Waals surface area contributed by atoms with Gasteiger partial charge in [-0.1, -0.05) is 135 Å². The fourth-order valence-corrected chi connectivity index (χ4v) is 7.25. The first-order valence-corrected chi connectivity index (χ1v) is 13.6. The van der Waals surface area contributed by atoms with Crippen molar-refractivity contribution in [2.75, 3.05) is 0 Å². The third-order valence-corrected chi connectivity index (χ3v) is 8.90. The zero-order valence-electron chi connectivity index (χ0n) is 20.8. The molecule has 4 aromatic carbocycles. The predicted octanol–water partition coefficient (Wildman–Crippen LogP) is 9.54. The molecule has 3 aliphatic carbocycles. The molecule has 0 amide bonds. The second-order valence-electron chi connectivity index (χ2n) is 10.8. The predicted molar refractivity (Wildman–Crippen MR) is 152 cm³/mol. The summed E-state index contributed by atoms with van der Waals surface area (Å²) in [4.78, 5) is 0. The van der Waals surface area contributed by atoms with Gasteiger partial charge in [0, 0.05) is 11.3 Å². The molecule has 0 aromatic heterocycles. The molecule has 0 radical (unpaired) electrons. The van der Waals surface area contributed by atoms with Crippen molar-refractivity contribution in [1.82, 2.24) is 0 Å². The van der Waals surface area contributed by atoms with Crippen molar-refractivity contribution >= 4 is 0 Å². The Balaban J connectivity index is 1.44. The van der Waals surface area contributed by atoms with E-state index in [-0.39, 0.29) is 5.41 Å². The van der Waals surface area contributed by atoms with Gasteiger partial charge in [-0.25, -0.2) is 0 Å². The summed E-state index contributed by atoms with van der Waals surface area (Å²) in [5.74, 6) is 0.482. The van der Waals surface area contributed by atoms with Gasteiger partial charge in [-0.15, -0.1) is 0 Å². The maximum absolute atomic E-state index is 2.47. The highest BCUT2D eigenvalue weighted by atomic mass is 14.5. The number of rotatable bonds is 4. The van der Waals surface area contributed by atoms with E-state index in [9.17, 15) is 0 Å². The molecular weight excluding hydrogens is 432 g/mol. The average Bonchev–Trinajstić information content (AvgIpc) is 3.62. The molecule has 0 bridgehead atoms. The van der Waals surface area contributed by atoms with E-state index >= 15 is 0 Å². The largest absolute Gasteiger partial charge is 0.0767 e. The Kier molecular flexibility index (Phi) is 5.28. The highest BCUT2D eigenvalue weighted by Crippen LogP contribution is 2.55. The molecule has 0 atom stereocenters. The Hall–Kier alpha value is -3.64. The minimum absolute atomic E-state index is 0.169. The van der Waals surface area contributed by atoms with E-state index in [0.717, 1.165) is 6.42 Å². The van der Waals surface area contributed by atoms with Gasteiger partial charge in [-0.2, -0.15) is 0 Å². The maximum atomic E-state index is 2.47. The number of hydrogen-bond acceptors (Lipinski definition) is 0. The van der Waals surface area contributed by atoms with E-state index in [0.29, 0.717) is 5.92 Å². The van der Waals surface area contributed by atoms with Crippen LogP contribution in [-0.4, -0.2) is 0 Å². The first-order valence-electron chi connectivity index (χ1n) is 13.6. The van der Waals surface area contributed by atoms with Crippen LogP contribution < -0.4 is 0 Å². The summed E-state index contributed by atoms with van der Waals surface area (Å²) >= 11 is 0. The van der Waals surface area contributed by atoms with Gasteiger partial charge in [-0.3, -0.25) is 0 Å². The summed E-state index contributed by atoms with van der Waals surface area (Å²) in [5, 5.41) is 0. The Morgan fingerprint density at radius 2 is 1.19 bits per heavy atom. The summed E-state index contributed by atoms with van der Waals surface area (Å²) in [6.45, 7) is 0. The zero-order valence-corrected chi connectivity index (χ0v) is 20.8. The van der Waals surface area contributed by atoms with Crippen molar-refractivity contribution in [3.63, 3.8) is 0 Å². The van der Waals surface area contributed by atoms with Crippen molar-refractivity contribution < 1.29 is 0 Å². The summed E-state index contributed by atoms with van der Waals surface area (Å²) in [6.07, 6.45) is 17.1. The van der Waals surface area contributed by atoms with Gasteiger partial charge in [0.15, 0.2) is 0 Å². The normalized spacial score (nSPS) is 17.8. The molecule has 0 nitrogen and oxygen atoms in total. The number of benzene rings is 4. The fraction of sp³-hybridized carbons (Fsp3) is 0.222. The van der Waals surface area contributed by atoms with Crippen molar-refractivity contribution in [2.45, 2.75) is 43.9 Å². The quantitative estimate of drug-likeness (QED) is 0.248. The average molecular weight is 465 g/mol. The SMILES string of the molecule is C1=CC(C2(c3c(-c4ccccc4)ccc4c3Cc3cc(-c5ccccc5)ccc3-4)CCCCC2)C=C1. The van der Waals surface area contributed by atoms with E-state index < -0.39 is 0 Å². The van der Waals surface area contributed by atoms with E-state index in [4.69, 9.17) is 0 Å². The molecule has 0 heterocycles. The van der Waals surface area contributed by atoms with Crippen LogP contribution in [0.25, 0.3) is 33.4 Å². The lowest BCUT2D eigenvalue weighted by molar-refractivity contribution is 0.253. The first-order chi connectivity index (χ1) is 17.8. The van der Waals surface area contributed by atoms with Crippen LogP contribution in [0.2, 0.25) is 0 Å². The van der Waals surface area contributed by atoms with Crippen LogP contribution >= 0.6 is 0 Å². The smallest absolute Gasteiger partial charge is 0.00598 e. The minimum Gasteiger partial charge on any atom is -0.0767 e. The first kappa shape index (κ1) is 21.6. The Bertz CT molecular complexity index is 1450. The van der Waals surface area contributed by atoms with Gasteiger partial charge in [0.05, 0.1) is 0 Å². The molecule has 1 fully saturated rings. The van der Waals surface area contributed by atoms with Gasteiger partial charge >= 0.3 is 0 Å². The van der Waals surface area contributed by atoms with Gasteiger partial charge in [-0.05, 0) is 69.3 Å². The summed E-state index contributed by atoms with van der Waals surface area (Å²) in [6, 6.07) is 33.9. The van der Waals surface area contributed by atoms with Crippen molar-refractivity contribution in [3.05, 3.63) is 132 Å². The van der Waals surface area contributed by atoms with E-state index in [1.165, 1.54) is 71.0 Å². The van der Waals surface area contributed by atoms with Gasteiger partial charge in [0.2, 0.25) is 0 Å². The lowest BCUT2D eigenvalue weighted by atomic mass is 9.59. The molecule has 0 unspecified atom stereocenters. The number of hydrogen-bond donors (Lipinski definition) is 0. The third-order valence-electron chi connectivity index (χ3n) is 8.90. The van der Waals surface area contributed by atoms with Crippen LogP contribution in [-0.2, 0) is 11.8 Å². The Morgan fingerprint density at radius 3 is 1.92 bits per heavy atom. The van der Waals surface area contributed by atoms with E-state index in [2.05, 4.69) is 115 Å². The van der Waals surface area contributed by atoms with Crippen LogP contribution in [0.3, 0.4) is 0 Å². The summed E-state index contributed by atoms with van der Waals surface area (Å²) in [7, 11) is 0. The lowest BCUT2D eigenvalue weighted by Gasteiger charge is -2.44. The standard InChI is InChI=1S/C36H32/c1-4-12-26(13-5-1)28-18-19-31-29(24-28)25-34-33(31)21-20-32(27-14-6-2-7-15-27)35(34)36(22-10-3-11-23-36)30-16-8-9-17-30/h1-2,4-9,12-21,24,30H,3,10-11,22-23,25H2. The molecular formula is C36H32. The third kappa shape index (κ3) is 3.43. The van der Waals surface area contributed by atoms with E-state index in [1.54, 1.807) is 11.1 Å². The van der Waals surface area contributed by atoms with Crippen LogP contribution in [0, 0.1) is 5.92 Å². The summed E-state index contributed by atoms with van der Waals surface area (Å²) < 4.78 is 0. The molecule has 0 N–H and O–H groups in total. The van der Waals surface area contributed by atoms with Crippen LogP contribution in [0.15, 0.2) is 115 Å². The molecule has 7 rings (SSSR count). The molecule has 4 aromatic rings. The molecule has 0 aliphatic heterocycles. The van der Waals surface area contributed by atoms with Gasteiger partial charge in [0.1, 0.15) is 0 Å². The van der Waals surface area contributed by atoms with Crippen molar-refractivity contribution in [1.29, 1.82) is 0 Å². The monoisotopic (exact) mass is 464 g/mol. The number of allylic oxidation sites excluding steroid dienone is 4. The van der Waals surface area contributed by atoms with E-state index in [1.807, 2.05) is 0 Å². The van der Waals surface area contributed by atoms with Crippen molar-refractivity contribution in [3.8, 4) is 33.4 Å². The molecule has 176 valence electrons. The van der Waals surface area contributed by atoms with Crippen LogP contribution in [0.5, 0.6) is 0 Å². The molecule has 3 aliphatic rings. The summed E-state index contributed by atoms with van der Waals surface area (Å²) in [5.41, 5.74) is 13.1. The minimum atomic E-state index is 0.169. The van der Waals surface area contributed by atoms with Gasteiger partial charge in [0.25, 0.3) is 0 Å². The van der Waals surface area contributed by atoms with Crippen molar-refractivity contribution in [2.24, 2.45) is 5.92 Å². The van der Waals surface area contributed by atoms with Crippen LogP contribution in [0.4, 0.5) is 0 Å². The highest BCUT2D eigenvalue weighted by molar-refractivity contribution is 5.86. The second-order valence-corrected chi connectivity index (χ2v) is 10.8. The highest BCUT2D eigenvalue weighted by Gasteiger charge is 2.44. The molecule has 36 heavy (non-hydrogen) atoms. The zero-order chi connectivity index (χ0) is 24.0. The molecule has 0 heteroatoms. The molecule has 0 saturated heterocycles.